The van der Waals surface area contributed by atoms with Gasteiger partial charge in [0.25, 0.3) is 0 Å². The number of nitrogens with zero attached hydrogens (tertiary/aromatic N) is 2. The van der Waals surface area contributed by atoms with Gasteiger partial charge in [-0.05, 0) is 43.9 Å². The van der Waals surface area contributed by atoms with Crippen LogP contribution in [0.25, 0.3) is 0 Å². The second-order valence-electron chi connectivity index (χ2n) is 10.1. The Morgan fingerprint density at radius 2 is 1.64 bits per heavy atom. The number of ether oxygens (including phenoxy) is 1. The van der Waals surface area contributed by atoms with E-state index in [0.29, 0.717) is 16.9 Å². The first-order valence-corrected chi connectivity index (χ1v) is 9.14. The van der Waals surface area contributed by atoms with E-state index in [-0.39, 0.29) is 5.54 Å². The predicted molar refractivity (Wildman–Crippen MR) is 92.1 cm³/mol. The second-order valence-corrected chi connectivity index (χ2v) is 10.1. The molecule has 0 aromatic rings. The molecule has 2 unspecified atom stereocenters. The van der Waals surface area contributed by atoms with Crippen LogP contribution in [0.15, 0.2) is 0 Å². The summed E-state index contributed by atoms with van der Waals surface area (Å²) in [5, 5.41) is 0. The van der Waals surface area contributed by atoms with Crippen LogP contribution in [0.2, 0.25) is 0 Å². The van der Waals surface area contributed by atoms with Crippen molar-refractivity contribution in [2.75, 3.05) is 32.8 Å². The Hall–Kier alpha value is -0.120. The third kappa shape index (κ3) is 2.74. The fourth-order valence-corrected chi connectivity index (χ4v) is 5.20. The van der Waals surface area contributed by atoms with E-state index in [9.17, 15) is 0 Å². The van der Waals surface area contributed by atoms with Gasteiger partial charge in [0.1, 0.15) is 0 Å². The Kier molecular flexibility index (Phi) is 3.95. The summed E-state index contributed by atoms with van der Waals surface area (Å²) >= 11 is 0. The Bertz CT molecular complexity index is 416. The molecule has 1 saturated carbocycles. The highest BCUT2D eigenvalue weighted by atomic mass is 16.5. The van der Waals surface area contributed by atoms with Crippen LogP contribution in [-0.4, -0.2) is 60.3 Å². The summed E-state index contributed by atoms with van der Waals surface area (Å²) in [4.78, 5) is 5.53. The monoisotopic (exact) mass is 308 g/mol. The largest absolute Gasteiger partial charge is 0.379 e. The fraction of sp³-hybridized carbons (Fsp3) is 1.00. The molecule has 0 bridgehead atoms. The molecule has 3 heteroatoms. The molecule has 0 N–H and O–H groups in total. The lowest BCUT2D eigenvalue weighted by Gasteiger charge is -2.48. The van der Waals surface area contributed by atoms with Gasteiger partial charge < -0.3 is 4.74 Å². The van der Waals surface area contributed by atoms with Crippen LogP contribution in [0, 0.1) is 16.7 Å². The second kappa shape index (κ2) is 5.19. The summed E-state index contributed by atoms with van der Waals surface area (Å²) in [6.45, 7) is 22.4. The summed E-state index contributed by atoms with van der Waals surface area (Å²) in [5.74, 6) is 0.787. The number of fused-ring (bicyclic) bond motifs is 1. The molecule has 2 aliphatic heterocycles. The highest BCUT2D eigenvalue weighted by molar-refractivity contribution is 5.23. The van der Waals surface area contributed by atoms with Crippen molar-refractivity contribution in [3.63, 3.8) is 0 Å². The molecule has 0 amide bonds. The number of morpholine rings is 1. The average molecular weight is 309 g/mol. The van der Waals surface area contributed by atoms with Crippen LogP contribution in [0.4, 0.5) is 0 Å². The van der Waals surface area contributed by atoms with Gasteiger partial charge in [-0.3, -0.25) is 9.80 Å². The van der Waals surface area contributed by atoms with Gasteiger partial charge in [0.05, 0.1) is 13.2 Å². The zero-order valence-corrected chi connectivity index (χ0v) is 15.8. The summed E-state index contributed by atoms with van der Waals surface area (Å²) in [5.41, 5.74) is 1.13. The molecule has 1 aliphatic carbocycles. The zero-order valence-electron chi connectivity index (χ0n) is 15.8. The highest BCUT2D eigenvalue weighted by Crippen LogP contribution is 2.66. The lowest BCUT2D eigenvalue weighted by atomic mass is 9.73. The van der Waals surface area contributed by atoms with Crippen molar-refractivity contribution in [2.45, 2.75) is 72.5 Å². The lowest BCUT2D eigenvalue weighted by molar-refractivity contribution is -0.0140. The number of hydrogen-bond donors (Lipinski definition) is 0. The fourth-order valence-electron chi connectivity index (χ4n) is 5.20. The summed E-state index contributed by atoms with van der Waals surface area (Å²) in [6, 6.07) is 1.47. The molecule has 0 aromatic heterocycles. The van der Waals surface area contributed by atoms with Crippen molar-refractivity contribution in [3.05, 3.63) is 0 Å². The van der Waals surface area contributed by atoms with Crippen molar-refractivity contribution < 1.29 is 4.74 Å². The molecule has 128 valence electrons. The van der Waals surface area contributed by atoms with Crippen LogP contribution >= 0.6 is 0 Å². The van der Waals surface area contributed by atoms with E-state index in [2.05, 4.69) is 58.3 Å². The summed E-state index contributed by atoms with van der Waals surface area (Å²) < 4.78 is 5.54. The first kappa shape index (κ1) is 16.7. The molecule has 2 heterocycles. The molecule has 3 nitrogen and oxygen atoms in total. The molecule has 0 spiro atoms. The van der Waals surface area contributed by atoms with Crippen LogP contribution in [0.1, 0.15) is 54.9 Å². The number of piperidine rings is 1. The molecule has 2 saturated heterocycles. The minimum Gasteiger partial charge on any atom is -0.379 e. The minimum atomic E-state index is 0.264. The maximum absolute atomic E-state index is 5.54. The van der Waals surface area contributed by atoms with Gasteiger partial charge in [-0.15, -0.1) is 0 Å². The van der Waals surface area contributed by atoms with Crippen LogP contribution in [-0.2, 0) is 4.74 Å². The van der Waals surface area contributed by atoms with Crippen molar-refractivity contribution in [3.8, 4) is 0 Å². The first-order valence-electron chi connectivity index (χ1n) is 9.14. The van der Waals surface area contributed by atoms with E-state index in [0.717, 1.165) is 38.3 Å². The number of rotatable bonds is 2. The highest BCUT2D eigenvalue weighted by Gasteiger charge is 2.70. The zero-order chi connectivity index (χ0) is 16.3. The third-order valence-electron chi connectivity index (χ3n) is 6.32. The standard InChI is InChI=1S/C19H36N2O/c1-17(2,3)16-14(13-20-8-10-22-11-9-20)19(7)12-15(19)21(16)18(4,5)6/h14-16H,8-13H2,1-7H3/t14?,15?,16-,19+/m0/s1. The molecule has 3 aliphatic rings. The maximum Gasteiger partial charge on any atom is 0.0594 e. The van der Waals surface area contributed by atoms with E-state index in [4.69, 9.17) is 4.74 Å². The molecule has 0 aromatic carbocycles. The van der Waals surface area contributed by atoms with E-state index < -0.39 is 0 Å². The molecular weight excluding hydrogens is 272 g/mol. The van der Waals surface area contributed by atoms with Crippen molar-refractivity contribution in [1.82, 2.24) is 9.80 Å². The molecule has 3 rings (SSSR count). The van der Waals surface area contributed by atoms with Crippen molar-refractivity contribution in [2.24, 2.45) is 16.7 Å². The summed E-state index contributed by atoms with van der Waals surface area (Å²) in [6.07, 6.45) is 1.39. The quantitative estimate of drug-likeness (QED) is 0.779. The lowest BCUT2D eigenvalue weighted by Crippen LogP contribution is -2.56. The van der Waals surface area contributed by atoms with Gasteiger partial charge in [0.2, 0.25) is 0 Å². The van der Waals surface area contributed by atoms with Gasteiger partial charge >= 0.3 is 0 Å². The smallest absolute Gasteiger partial charge is 0.0594 e. The molecular formula is C19H36N2O. The van der Waals surface area contributed by atoms with Gasteiger partial charge in [-0.1, -0.05) is 27.7 Å². The van der Waals surface area contributed by atoms with E-state index in [1.54, 1.807) is 0 Å². The van der Waals surface area contributed by atoms with Crippen molar-refractivity contribution in [1.29, 1.82) is 0 Å². The molecule has 22 heavy (non-hydrogen) atoms. The third-order valence-corrected chi connectivity index (χ3v) is 6.32. The van der Waals surface area contributed by atoms with Gasteiger partial charge in [-0.25, -0.2) is 0 Å². The topological polar surface area (TPSA) is 15.7 Å². The van der Waals surface area contributed by atoms with Gasteiger partial charge in [0.15, 0.2) is 0 Å². The SMILES string of the molecule is CC(C)(C)[C@@H]1C(CN2CCOCC2)[C@@]2(C)CC2N1C(C)(C)C. The van der Waals surface area contributed by atoms with Crippen LogP contribution in [0.3, 0.4) is 0 Å². The van der Waals surface area contributed by atoms with E-state index in [1.807, 2.05) is 0 Å². The van der Waals surface area contributed by atoms with Crippen molar-refractivity contribution >= 4 is 0 Å². The van der Waals surface area contributed by atoms with E-state index >= 15 is 0 Å². The Labute approximate surface area is 137 Å². The predicted octanol–water partition coefficient (Wildman–Crippen LogP) is 3.24. The van der Waals surface area contributed by atoms with Gasteiger partial charge in [-0.2, -0.15) is 0 Å². The first-order chi connectivity index (χ1) is 10.0. The van der Waals surface area contributed by atoms with E-state index in [1.165, 1.54) is 13.0 Å². The summed E-state index contributed by atoms with van der Waals surface area (Å²) in [7, 11) is 0. The number of likely N-dealkylation sites (tertiary alicyclic amines) is 1. The van der Waals surface area contributed by atoms with Crippen LogP contribution < -0.4 is 0 Å². The van der Waals surface area contributed by atoms with Gasteiger partial charge in [0, 0.05) is 37.3 Å². The average Bonchev–Trinajstić information content (AvgIpc) is 2.97. The minimum absolute atomic E-state index is 0.264. The molecule has 3 fully saturated rings. The molecule has 0 radical (unpaired) electrons. The Balaban J connectivity index is 1.86. The normalized spacial score (nSPS) is 40.8. The Morgan fingerprint density at radius 3 is 2.14 bits per heavy atom. The van der Waals surface area contributed by atoms with Crippen LogP contribution in [0.5, 0.6) is 0 Å². The maximum atomic E-state index is 5.54. The Morgan fingerprint density at radius 1 is 1.05 bits per heavy atom. The number of hydrogen-bond acceptors (Lipinski definition) is 3. The molecule has 4 atom stereocenters.